The SMILES string of the molecule is C=CCOc1cc(OC)ccc1C(=O)N1CCN2C[C@@H](F)C[C@H]2C1. The Morgan fingerprint density at radius 2 is 2.25 bits per heavy atom. The first-order valence-corrected chi connectivity index (χ1v) is 8.21. The van der Waals surface area contributed by atoms with Crippen LogP contribution in [0.3, 0.4) is 0 Å². The maximum Gasteiger partial charge on any atom is 0.257 e. The fourth-order valence-electron chi connectivity index (χ4n) is 3.41. The third-order valence-electron chi connectivity index (χ3n) is 4.63. The van der Waals surface area contributed by atoms with Gasteiger partial charge < -0.3 is 14.4 Å². The van der Waals surface area contributed by atoms with Gasteiger partial charge in [0.15, 0.2) is 0 Å². The molecule has 0 aromatic heterocycles. The van der Waals surface area contributed by atoms with Crippen molar-refractivity contribution >= 4 is 5.91 Å². The van der Waals surface area contributed by atoms with Crippen LogP contribution in [0.25, 0.3) is 0 Å². The Labute approximate surface area is 141 Å². The molecular formula is C18H23FN2O3. The number of benzene rings is 1. The van der Waals surface area contributed by atoms with E-state index in [4.69, 9.17) is 9.47 Å². The normalized spacial score (nSPS) is 23.7. The first kappa shape index (κ1) is 16.8. The van der Waals surface area contributed by atoms with Crippen LogP contribution < -0.4 is 9.47 Å². The van der Waals surface area contributed by atoms with Gasteiger partial charge in [0.1, 0.15) is 24.3 Å². The Balaban J connectivity index is 1.77. The summed E-state index contributed by atoms with van der Waals surface area (Å²) in [5.74, 6) is 1.03. The van der Waals surface area contributed by atoms with Crippen LogP contribution in [0.5, 0.6) is 11.5 Å². The van der Waals surface area contributed by atoms with Crippen LogP contribution in [-0.4, -0.2) is 67.8 Å². The lowest BCUT2D eigenvalue weighted by Crippen LogP contribution is -2.52. The number of carbonyl (C=O) groups is 1. The molecule has 5 nitrogen and oxygen atoms in total. The van der Waals surface area contributed by atoms with E-state index in [-0.39, 0.29) is 11.9 Å². The molecule has 6 heteroatoms. The van der Waals surface area contributed by atoms with Gasteiger partial charge >= 0.3 is 0 Å². The molecule has 0 N–H and O–H groups in total. The summed E-state index contributed by atoms with van der Waals surface area (Å²) in [7, 11) is 1.57. The van der Waals surface area contributed by atoms with Crippen molar-refractivity contribution in [2.24, 2.45) is 0 Å². The minimum absolute atomic E-state index is 0.0846. The van der Waals surface area contributed by atoms with Crippen molar-refractivity contribution in [2.45, 2.75) is 18.6 Å². The summed E-state index contributed by atoms with van der Waals surface area (Å²) < 4.78 is 24.4. The zero-order chi connectivity index (χ0) is 17.1. The molecule has 2 atom stereocenters. The molecule has 1 aromatic rings. The third kappa shape index (κ3) is 3.38. The maximum absolute atomic E-state index is 13.6. The van der Waals surface area contributed by atoms with E-state index in [1.165, 1.54) is 0 Å². The second kappa shape index (κ2) is 7.21. The van der Waals surface area contributed by atoms with Crippen molar-refractivity contribution in [3.8, 4) is 11.5 Å². The van der Waals surface area contributed by atoms with Crippen LogP contribution >= 0.6 is 0 Å². The number of amides is 1. The van der Waals surface area contributed by atoms with Gasteiger partial charge in [-0.05, 0) is 18.6 Å². The number of ether oxygens (including phenoxy) is 2. The molecule has 0 bridgehead atoms. The second-order valence-electron chi connectivity index (χ2n) is 6.19. The number of hydrogen-bond acceptors (Lipinski definition) is 4. The molecule has 0 radical (unpaired) electrons. The fraction of sp³-hybridized carbons (Fsp3) is 0.500. The number of piperazine rings is 1. The lowest BCUT2D eigenvalue weighted by molar-refractivity contribution is 0.0567. The number of methoxy groups -OCH3 is 1. The highest BCUT2D eigenvalue weighted by Crippen LogP contribution is 2.29. The molecule has 0 unspecified atom stereocenters. The van der Waals surface area contributed by atoms with E-state index in [0.29, 0.717) is 49.7 Å². The van der Waals surface area contributed by atoms with Crippen molar-refractivity contribution < 1.29 is 18.7 Å². The van der Waals surface area contributed by atoms with Gasteiger partial charge in [0.25, 0.3) is 5.91 Å². The fourth-order valence-corrected chi connectivity index (χ4v) is 3.41. The highest BCUT2D eigenvalue weighted by Gasteiger charge is 2.38. The Morgan fingerprint density at radius 3 is 3.00 bits per heavy atom. The Bertz CT molecular complexity index is 622. The molecule has 2 aliphatic rings. The van der Waals surface area contributed by atoms with Crippen molar-refractivity contribution in [1.29, 1.82) is 0 Å². The van der Waals surface area contributed by atoms with Gasteiger partial charge in [-0.1, -0.05) is 12.7 Å². The molecule has 24 heavy (non-hydrogen) atoms. The smallest absolute Gasteiger partial charge is 0.257 e. The Hall–Kier alpha value is -2.08. The number of hydrogen-bond donors (Lipinski definition) is 0. The molecule has 1 aromatic carbocycles. The summed E-state index contributed by atoms with van der Waals surface area (Å²) in [5, 5.41) is 0. The molecule has 2 fully saturated rings. The monoisotopic (exact) mass is 334 g/mol. The number of carbonyl (C=O) groups excluding carboxylic acids is 1. The van der Waals surface area contributed by atoms with Crippen LogP contribution in [-0.2, 0) is 0 Å². The van der Waals surface area contributed by atoms with Crippen LogP contribution in [0, 0.1) is 0 Å². The molecule has 2 saturated heterocycles. The maximum atomic E-state index is 13.6. The van der Waals surface area contributed by atoms with E-state index >= 15 is 0 Å². The number of rotatable bonds is 5. The van der Waals surface area contributed by atoms with E-state index in [1.54, 1.807) is 36.3 Å². The number of halogens is 1. The highest BCUT2D eigenvalue weighted by atomic mass is 19.1. The van der Waals surface area contributed by atoms with Gasteiger partial charge in [-0.2, -0.15) is 0 Å². The van der Waals surface area contributed by atoms with Crippen LogP contribution in [0.4, 0.5) is 4.39 Å². The Morgan fingerprint density at radius 1 is 1.42 bits per heavy atom. The van der Waals surface area contributed by atoms with Crippen LogP contribution in [0.15, 0.2) is 30.9 Å². The van der Waals surface area contributed by atoms with Crippen LogP contribution in [0.2, 0.25) is 0 Å². The zero-order valence-corrected chi connectivity index (χ0v) is 13.9. The Kier molecular flexibility index (Phi) is 5.04. The predicted octanol–water partition coefficient (Wildman–Crippen LogP) is 2.13. The molecule has 1 amide bonds. The minimum Gasteiger partial charge on any atom is -0.497 e. The summed E-state index contributed by atoms with van der Waals surface area (Å²) >= 11 is 0. The van der Waals surface area contributed by atoms with E-state index in [2.05, 4.69) is 11.5 Å². The van der Waals surface area contributed by atoms with Crippen molar-refractivity contribution in [2.75, 3.05) is 39.9 Å². The molecular weight excluding hydrogens is 311 g/mol. The van der Waals surface area contributed by atoms with E-state index in [0.717, 1.165) is 6.54 Å². The van der Waals surface area contributed by atoms with Gasteiger partial charge in [-0.15, -0.1) is 0 Å². The summed E-state index contributed by atoms with van der Waals surface area (Å²) in [5.41, 5.74) is 0.501. The summed E-state index contributed by atoms with van der Waals surface area (Å²) in [6, 6.07) is 5.30. The third-order valence-corrected chi connectivity index (χ3v) is 4.63. The van der Waals surface area contributed by atoms with Crippen LogP contribution in [0.1, 0.15) is 16.8 Å². The van der Waals surface area contributed by atoms with Crippen molar-refractivity contribution in [3.05, 3.63) is 36.4 Å². The molecule has 0 aliphatic carbocycles. The van der Waals surface area contributed by atoms with E-state index in [9.17, 15) is 9.18 Å². The number of alkyl halides is 1. The van der Waals surface area contributed by atoms with Gasteiger partial charge in [0.2, 0.25) is 0 Å². The standard InChI is InChI=1S/C18H23FN2O3/c1-3-8-24-17-10-15(23-2)4-5-16(17)18(22)21-7-6-20-11-13(19)9-14(20)12-21/h3-5,10,13-14H,1,6-9,11-12H2,2H3/t13-,14-/m0/s1. The predicted molar refractivity (Wildman–Crippen MR) is 89.5 cm³/mol. The average molecular weight is 334 g/mol. The highest BCUT2D eigenvalue weighted by molar-refractivity contribution is 5.97. The average Bonchev–Trinajstić information content (AvgIpc) is 2.98. The van der Waals surface area contributed by atoms with Gasteiger partial charge in [0, 0.05) is 38.3 Å². The molecule has 2 heterocycles. The first-order valence-electron chi connectivity index (χ1n) is 8.21. The molecule has 0 spiro atoms. The molecule has 130 valence electrons. The lowest BCUT2D eigenvalue weighted by Gasteiger charge is -2.37. The zero-order valence-electron chi connectivity index (χ0n) is 13.9. The van der Waals surface area contributed by atoms with Gasteiger partial charge in [0.05, 0.1) is 12.7 Å². The number of fused-ring (bicyclic) bond motifs is 1. The molecule has 0 saturated carbocycles. The quantitative estimate of drug-likeness (QED) is 0.774. The largest absolute Gasteiger partial charge is 0.497 e. The van der Waals surface area contributed by atoms with E-state index < -0.39 is 6.17 Å². The summed E-state index contributed by atoms with van der Waals surface area (Å²) in [4.78, 5) is 16.9. The van der Waals surface area contributed by atoms with Crippen molar-refractivity contribution in [1.82, 2.24) is 9.80 Å². The molecule has 3 rings (SSSR count). The summed E-state index contributed by atoms with van der Waals surface area (Å²) in [6.45, 7) is 6.32. The first-order chi connectivity index (χ1) is 11.6. The lowest BCUT2D eigenvalue weighted by atomic mass is 10.1. The van der Waals surface area contributed by atoms with Gasteiger partial charge in [-0.3, -0.25) is 9.69 Å². The van der Waals surface area contributed by atoms with Crippen molar-refractivity contribution in [3.63, 3.8) is 0 Å². The topological polar surface area (TPSA) is 42.0 Å². The van der Waals surface area contributed by atoms with E-state index in [1.807, 2.05) is 0 Å². The van der Waals surface area contributed by atoms with Gasteiger partial charge in [-0.25, -0.2) is 4.39 Å². The minimum atomic E-state index is -0.780. The molecule has 2 aliphatic heterocycles. The second-order valence-corrected chi connectivity index (χ2v) is 6.19. The summed E-state index contributed by atoms with van der Waals surface area (Å²) in [6.07, 6.45) is 1.36. The number of nitrogens with zero attached hydrogens (tertiary/aromatic N) is 2.